The largest absolute Gasteiger partial charge is 0.366 e. The number of aromatic nitrogens is 2. The van der Waals surface area contributed by atoms with Crippen LogP contribution in [-0.2, 0) is 16.0 Å². The van der Waals surface area contributed by atoms with Gasteiger partial charge in [0, 0.05) is 13.1 Å². The van der Waals surface area contributed by atoms with Crippen LogP contribution in [0.1, 0.15) is 12.6 Å². The maximum atomic E-state index is 12.5. The van der Waals surface area contributed by atoms with Crippen LogP contribution >= 0.6 is 11.6 Å². The molecule has 0 spiro atoms. The number of halogens is 1. The number of hydrogen-bond acceptors (Lipinski definition) is 4. The van der Waals surface area contributed by atoms with Gasteiger partial charge in [0.1, 0.15) is 6.10 Å². The lowest BCUT2D eigenvalue weighted by atomic mass is 10.2. The van der Waals surface area contributed by atoms with Crippen molar-refractivity contribution in [3.8, 4) is 5.69 Å². The number of carbonyl (C=O) groups is 1. The third kappa shape index (κ3) is 3.45. The number of likely N-dealkylation sites (N-methyl/N-ethyl adjacent to an activating group) is 1. The number of nitrogens with zero attached hydrogens (tertiary/aromatic N) is 3. The van der Waals surface area contributed by atoms with E-state index in [1.807, 2.05) is 38.2 Å². The first-order valence-corrected chi connectivity index (χ1v) is 8.40. The molecule has 2 heterocycles. The Labute approximate surface area is 146 Å². The molecule has 1 atom stereocenters. The van der Waals surface area contributed by atoms with E-state index in [4.69, 9.17) is 16.3 Å². The lowest BCUT2D eigenvalue weighted by Crippen LogP contribution is -2.46. The zero-order valence-corrected chi connectivity index (χ0v) is 14.6. The first-order valence-electron chi connectivity index (χ1n) is 8.03. The van der Waals surface area contributed by atoms with E-state index in [0.717, 1.165) is 17.9 Å². The number of amides is 1. The summed E-state index contributed by atoms with van der Waals surface area (Å²) < 4.78 is 7.33. The van der Waals surface area contributed by atoms with E-state index in [9.17, 15) is 4.79 Å². The zero-order chi connectivity index (χ0) is 17.1. The van der Waals surface area contributed by atoms with Gasteiger partial charge in [0.2, 0.25) is 0 Å². The maximum Gasteiger partial charge on any atom is 0.254 e. The molecule has 1 aromatic carbocycles. The molecule has 1 aliphatic rings. The predicted molar refractivity (Wildman–Crippen MR) is 93.8 cm³/mol. The monoisotopic (exact) mass is 348 g/mol. The molecule has 6 nitrogen and oxygen atoms in total. The van der Waals surface area contributed by atoms with Gasteiger partial charge in [-0.05, 0) is 25.6 Å². The van der Waals surface area contributed by atoms with Crippen LogP contribution in [0.15, 0.2) is 30.5 Å². The van der Waals surface area contributed by atoms with Crippen LogP contribution in [0.3, 0.4) is 0 Å². The molecule has 2 aromatic rings. The Morgan fingerprint density at radius 1 is 1.46 bits per heavy atom. The van der Waals surface area contributed by atoms with Crippen molar-refractivity contribution in [2.45, 2.75) is 19.4 Å². The van der Waals surface area contributed by atoms with Gasteiger partial charge in [-0.2, -0.15) is 5.10 Å². The minimum absolute atomic E-state index is 0.144. The quantitative estimate of drug-likeness (QED) is 0.921. The highest BCUT2D eigenvalue weighted by atomic mass is 35.5. The molecule has 128 valence electrons. The number of benzene rings is 1. The Morgan fingerprint density at radius 2 is 2.25 bits per heavy atom. The molecule has 0 saturated carbocycles. The second-order valence-electron chi connectivity index (χ2n) is 5.83. The zero-order valence-electron chi connectivity index (χ0n) is 13.8. The topological polar surface area (TPSA) is 59.4 Å². The number of ether oxygens (including phenoxy) is 1. The van der Waals surface area contributed by atoms with E-state index >= 15 is 0 Å². The van der Waals surface area contributed by atoms with Crippen molar-refractivity contribution in [1.82, 2.24) is 14.7 Å². The molecule has 24 heavy (non-hydrogen) atoms. The number of anilines is 1. The fourth-order valence-electron chi connectivity index (χ4n) is 2.80. The molecule has 0 bridgehead atoms. The molecule has 1 saturated heterocycles. The molecule has 1 aromatic heterocycles. The maximum absolute atomic E-state index is 12.5. The molecular formula is C17H21ClN4O2. The molecule has 1 fully saturated rings. The highest BCUT2D eigenvalue weighted by molar-refractivity contribution is 6.32. The summed E-state index contributed by atoms with van der Waals surface area (Å²) >= 11 is 6.27. The summed E-state index contributed by atoms with van der Waals surface area (Å²) in [6.07, 6.45) is 1.91. The fourth-order valence-corrected chi connectivity index (χ4v) is 3.01. The van der Waals surface area contributed by atoms with Gasteiger partial charge in [-0.25, -0.2) is 4.68 Å². The minimum atomic E-state index is -0.461. The van der Waals surface area contributed by atoms with Crippen molar-refractivity contribution in [3.05, 3.63) is 41.2 Å². The molecule has 0 radical (unpaired) electrons. The van der Waals surface area contributed by atoms with Gasteiger partial charge < -0.3 is 15.0 Å². The lowest BCUT2D eigenvalue weighted by Gasteiger charge is -2.29. The second kappa shape index (κ2) is 7.34. The Morgan fingerprint density at radius 3 is 2.96 bits per heavy atom. The Balaban J connectivity index is 1.82. The summed E-state index contributed by atoms with van der Waals surface area (Å²) in [5.74, 6) is -0.144. The number of carbonyl (C=O) groups excluding carboxylic acids is 1. The van der Waals surface area contributed by atoms with E-state index in [2.05, 4.69) is 15.3 Å². The van der Waals surface area contributed by atoms with E-state index in [1.54, 1.807) is 10.9 Å². The highest BCUT2D eigenvalue weighted by Crippen LogP contribution is 2.25. The van der Waals surface area contributed by atoms with Crippen LogP contribution in [0.25, 0.3) is 5.69 Å². The molecule has 0 unspecified atom stereocenters. The van der Waals surface area contributed by atoms with Gasteiger partial charge in [-0.3, -0.25) is 4.79 Å². The third-order valence-electron chi connectivity index (χ3n) is 4.10. The van der Waals surface area contributed by atoms with Crippen LogP contribution in [0.2, 0.25) is 5.02 Å². The summed E-state index contributed by atoms with van der Waals surface area (Å²) in [5, 5.41) is 7.96. The Kier molecular flexibility index (Phi) is 5.18. The van der Waals surface area contributed by atoms with Crippen molar-refractivity contribution in [2.75, 3.05) is 32.1 Å². The normalized spacial score (nSPS) is 18.5. The second-order valence-corrected chi connectivity index (χ2v) is 6.24. The SMILES string of the molecule is CCc1c(NC(=O)[C@@H]2CN(C)CCO2)cnn1-c1ccccc1Cl. The smallest absolute Gasteiger partial charge is 0.254 e. The van der Waals surface area contributed by atoms with Crippen molar-refractivity contribution < 1.29 is 9.53 Å². The molecule has 7 heteroatoms. The number of nitrogens with one attached hydrogen (secondary N) is 1. The Bertz CT molecular complexity index is 731. The average Bonchev–Trinajstić information content (AvgIpc) is 2.97. The first-order chi connectivity index (χ1) is 11.6. The van der Waals surface area contributed by atoms with E-state index < -0.39 is 6.10 Å². The van der Waals surface area contributed by atoms with Gasteiger partial charge in [0.15, 0.2) is 0 Å². The summed E-state index contributed by atoms with van der Waals surface area (Å²) in [5.41, 5.74) is 2.39. The van der Waals surface area contributed by atoms with Crippen molar-refractivity contribution in [3.63, 3.8) is 0 Å². The molecule has 1 aliphatic heterocycles. The van der Waals surface area contributed by atoms with Gasteiger partial charge >= 0.3 is 0 Å². The van der Waals surface area contributed by atoms with Gasteiger partial charge in [-0.15, -0.1) is 0 Å². The number of rotatable bonds is 4. The molecule has 0 aliphatic carbocycles. The van der Waals surface area contributed by atoms with Crippen molar-refractivity contribution >= 4 is 23.2 Å². The van der Waals surface area contributed by atoms with E-state index in [-0.39, 0.29) is 5.91 Å². The molecular weight excluding hydrogens is 328 g/mol. The predicted octanol–water partition coefficient (Wildman–Crippen LogP) is 2.36. The summed E-state index contributed by atoms with van der Waals surface area (Å²) in [7, 11) is 1.98. The average molecular weight is 349 g/mol. The van der Waals surface area contributed by atoms with Crippen LogP contribution in [0.4, 0.5) is 5.69 Å². The van der Waals surface area contributed by atoms with E-state index in [1.165, 1.54) is 0 Å². The minimum Gasteiger partial charge on any atom is -0.366 e. The third-order valence-corrected chi connectivity index (χ3v) is 4.42. The summed E-state index contributed by atoms with van der Waals surface area (Å²) in [6, 6.07) is 7.51. The van der Waals surface area contributed by atoms with Crippen LogP contribution in [0.5, 0.6) is 0 Å². The number of para-hydroxylation sites is 1. The lowest BCUT2D eigenvalue weighted by molar-refractivity contribution is -0.132. The van der Waals surface area contributed by atoms with Gasteiger partial charge in [-0.1, -0.05) is 30.7 Å². The van der Waals surface area contributed by atoms with Crippen LogP contribution < -0.4 is 5.32 Å². The number of hydrogen-bond donors (Lipinski definition) is 1. The van der Waals surface area contributed by atoms with Gasteiger partial charge in [0.05, 0.1) is 34.9 Å². The fraction of sp³-hybridized carbons (Fsp3) is 0.412. The highest BCUT2D eigenvalue weighted by Gasteiger charge is 2.26. The summed E-state index contributed by atoms with van der Waals surface area (Å²) in [6.45, 7) is 4.01. The van der Waals surface area contributed by atoms with Crippen LogP contribution in [0, 0.1) is 0 Å². The standard InChI is InChI=1S/C17H21ClN4O2/c1-3-14-13(20-17(23)16-11-21(2)8-9-24-16)10-19-22(14)15-7-5-4-6-12(15)18/h4-7,10,16H,3,8-9,11H2,1-2H3,(H,20,23)/t16-/m0/s1. The molecule has 1 N–H and O–H groups in total. The molecule has 3 rings (SSSR count). The Hall–Kier alpha value is -1.89. The van der Waals surface area contributed by atoms with Crippen molar-refractivity contribution in [1.29, 1.82) is 0 Å². The van der Waals surface area contributed by atoms with Crippen LogP contribution in [-0.4, -0.2) is 53.4 Å². The molecule has 1 amide bonds. The first kappa shape index (κ1) is 17.0. The van der Waals surface area contributed by atoms with Crippen molar-refractivity contribution in [2.24, 2.45) is 0 Å². The number of morpholine rings is 1. The summed E-state index contributed by atoms with van der Waals surface area (Å²) in [4.78, 5) is 14.6. The van der Waals surface area contributed by atoms with E-state index in [0.29, 0.717) is 30.3 Å². The van der Waals surface area contributed by atoms with Gasteiger partial charge in [0.25, 0.3) is 5.91 Å².